The Balaban J connectivity index is 2.54. The van der Waals surface area contributed by atoms with Crippen LogP contribution in [0.5, 0.6) is 0 Å². The standard InChI is InChI=1S/C10H11F2NO/c11-5-3-7-6(8(12)4-5)1-2-9(14)10(7)13/h3-4,9-10,14H,1-2,13H2/t9-,10-/m0/s1. The van der Waals surface area contributed by atoms with Crippen LogP contribution in [-0.4, -0.2) is 11.2 Å². The molecule has 1 aliphatic rings. The monoisotopic (exact) mass is 199 g/mol. The summed E-state index contributed by atoms with van der Waals surface area (Å²) in [5.41, 5.74) is 6.47. The zero-order valence-electron chi connectivity index (χ0n) is 7.50. The highest BCUT2D eigenvalue weighted by molar-refractivity contribution is 5.35. The average molecular weight is 199 g/mol. The highest BCUT2D eigenvalue weighted by atomic mass is 19.1. The normalized spacial score (nSPS) is 26.0. The molecule has 0 radical (unpaired) electrons. The lowest BCUT2D eigenvalue weighted by molar-refractivity contribution is 0.127. The predicted octanol–water partition coefficient (Wildman–Crippen LogP) is 1.27. The summed E-state index contributed by atoms with van der Waals surface area (Å²) in [4.78, 5) is 0. The maximum Gasteiger partial charge on any atom is 0.129 e. The first-order valence-electron chi connectivity index (χ1n) is 4.51. The van der Waals surface area contributed by atoms with E-state index >= 15 is 0 Å². The van der Waals surface area contributed by atoms with Crippen molar-refractivity contribution in [2.75, 3.05) is 0 Å². The Hall–Kier alpha value is -1.00. The summed E-state index contributed by atoms with van der Waals surface area (Å²) in [5, 5.41) is 9.44. The van der Waals surface area contributed by atoms with Crippen LogP contribution in [0.4, 0.5) is 8.78 Å². The number of hydrogen-bond acceptors (Lipinski definition) is 2. The molecule has 0 unspecified atom stereocenters. The molecule has 0 aromatic heterocycles. The highest BCUT2D eigenvalue weighted by Gasteiger charge is 2.27. The molecule has 0 bridgehead atoms. The van der Waals surface area contributed by atoms with E-state index in [0.29, 0.717) is 24.0 Å². The van der Waals surface area contributed by atoms with Gasteiger partial charge in [-0.3, -0.25) is 0 Å². The minimum absolute atomic E-state index is 0.390. The minimum atomic E-state index is -0.705. The molecule has 0 amide bonds. The van der Waals surface area contributed by atoms with Gasteiger partial charge in [0.1, 0.15) is 11.6 Å². The van der Waals surface area contributed by atoms with Crippen LogP contribution < -0.4 is 5.73 Å². The van der Waals surface area contributed by atoms with Crippen molar-refractivity contribution in [2.45, 2.75) is 25.0 Å². The summed E-state index contributed by atoms with van der Waals surface area (Å²) in [5.74, 6) is -1.21. The lowest BCUT2D eigenvalue weighted by Crippen LogP contribution is -2.32. The number of fused-ring (bicyclic) bond motifs is 1. The van der Waals surface area contributed by atoms with Gasteiger partial charge in [-0.1, -0.05) is 0 Å². The minimum Gasteiger partial charge on any atom is -0.391 e. The Morgan fingerprint density at radius 3 is 2.79 bits per heavy atom. The van der Waals surface area contributed by atoms with Crippen LogP contribution in [-0.2, 0) is 6.42 Å². The smallest absolute Gasteiger partial charge is 0.129 e. The third-order valence-corrected chi connectivity index (χ3v) is 2.66. The van der Waals surface area contributed by atoms with E-state index in [-0.39, 0.29) is 0 Å². The van der Waals surface area contributed by atoms with Gasteiger partial charge in [-0.05, 0) is 30.0 Å². The number of aliphatic hydroxyl groups is 1. The molecule has 2 atom stereocenters. The first kappa shape index (κ1) is 9.55. The molecule has 76 valence electrons. The lowest BCUT2D eigenvalue weighted by Gasteiger charge is -2.27. The van der Waals surface area contributed by atoms with Gasteiger partial charge in [0.15, 0.2) is 0 Å². The van der Waals surface area contributed by atoms with Crippen LogP contribution in [0.2, 0.25) is 0 Å². The first-order chi connectivity index (χ1) is 6.59. The molecule has 2 nitrogen and oxygen atoms in total. The van der Waals surface area contributed by atoms with Gasteiger partial charge in [0.2, 0.25) is 0 Å². The summed E-state index contributed by atoms with van der Waals surface area (Å²) >= 11 is 0. The van der Waals surface area contributed by atoms with E-state index in [1.54, 1.807) is 0 Å². The first-order valence-corrected chi connectivity index (χ1v) is 4.51. The number of benzene rings is 1. The lowest BCUT2D eigenvalue weighted by atomic mass is 9.86. The largest absolute Gasteiger partial charge is 0.391 e. The highest BCUT2D eigenvalue weighted by Crippen LogP contribution is 2.30. The van der Waals surface area contributed by atoms with Gasteiger partial charge in [0.25, 0.3) is 0 Å². The molecule has 0 heterocycles. The second-order valence-corrected chi connectivity index (χ2v) is 3.59. The van der Waals surface area contributed by atoms with E-state index in [2.05, 4.69) is 0 Å². The Bertz CT molecular complexity index is 367. The molecule has 0 fully saturated rings. The van der Waals surface area contributed by atoms with Crippen LogP contribution in [0.1, 0.15) is 23.6 Å². The van der Waals surface area contributed by atoms with Crippen LogP contribution in [0.3, 0.4) is 0 Å². The summed E-state index contributed by atoms with van der Waals surface area (Å²) in [6, 6.07) is 1.37. The van der Waals surface area contributed by atoms with Crippen molar-refractivity contribution in [3.05, 3.63) is 34.9 Å². The van der Waals surface area contributed by atoms with Gasteiger partial charge in [-0.2, -0.15) is 0 Å². The van der Waals surface area contributed by atoms with E-state index in [9.17, 15) is 13.9 Å². The predicted molar refractivity (Wildman–Crippen MR) is 47.6 cm³/mol. The van der Waals surface area contributed by atoms with Gasteiger partial charge in [-0.15, -0.1) is 0 Å². The number of rotatable bonds is 0. The van der Waals surface area contributed by atoms with Crippen LogP contribution >= 0.6 is 0 Å². The molecule has 0 spiro atoms. The molecule has 1 aromatic carbocycles. The second-order valence-electron chi connectivity index (χ2n) is 3.59. The third kappa shape index (κ3) is 1.40. The van der Waals surface area contributed by atoms with E-state index in [4.69, 9.17) is 5.73 Å². The quantitative estimate of drug-likeness (QED) is 0.661. The van der Waals surface area contributed by atoms with Crippen LogP contribution in [0, 0.1) is 11.6 Å². The number of hydrogen-bond donors (Lipinski definition) is 2. The second kappa shape index (κ2) is 3.29. The van der Waals surface area contributed by atoms with E-state index < -0.39 is 23.8 Å². The maximum absolute atomic E-state index is 13.3. The zero-order valence-corrected chi connectivity index (χ0v) is 7.50. The van der Waals surface area contributed by atoms with Crippen molar-refractivity contribution in [1.82, 2.24) is 0 Å². The number of aliphatic hydroxyl groups excluding tert-OH is 1. The molecule has 4 heteroatoms. The van der Waals surface area contributed by atoms with Crippen LogP contribution in [0.15, 0.2) is 12.1 Å². The van der Waals surface area contributed by atoms with Gasteiger partial charge in [0, 0.05) is 6.07 Å². The average Bonchev–Trinajstić information content (AvgIpc) is 2.12. The SMILES string of the molecule is N[C@H]1c2cc(F)cc(F)c2CC[C@@H]1O. The zero-order chi connectivity index (χ0) is 10.3. The maximum atomic E-state index is 13.3. The van der Waals surface area contributed by atoms with Crippen LogP contribution in [0.25, 0.3) is 0 Å². The van der Waals surface area contributed by atoms with Crippen molar-refractivity contribution < 1.29 is 13.9 Å². The fourth-order valence-electron chi connectivity index (χ4n) is 1.86. The third-order valence-electron chi connectivity index (χ3n) is 2.66. The molecule has 0 aliphatic heterocycles. The van der Waals surface area contributed by atoms with Crippen molar-refractivity contribution in [3.63, 3.8) is 0 Å². The fourth-order valence-corrected chi connectivity index (χ4v) is 1.86. The Kier molecular flexibility index (Phi) is 2.25. The van der Waals surface area contributed by atoms with Gasteiger partial charge in [0.05, 0.1) is 12.1 Å². The Morgan fingerprint density at radius 2 is 2.07 bits per heavy atom. The van der Waals surface area contributed by atoms with Crippen molar-refractivity contribution in [3.8, 4) is 0 Å². The molecular weight excluding hydrogens is 188 g/mol. The molecule has 14 heavy (non-hydrogen) atoms. The van der Waals surface area contributed by atoms with E-state index in [1.165, 1.54) is 6.07 Å². The fraction of sp³-hybridized carbons (Fsp3) is 0.400. The molecule has 0 saturated carbocycles. The molecule has 0 saturated heterocycles. The Morgan fingerprint density at radius 1 is 1.36 bits per heavy atom. The van der Waals surface area contributed by atoms with Gasteiger partial charge < -0.3 is 10.8 Å². The topological polar surface area (TPSA) is 46.2 Å². The van der Waals surface area contributed by atoms with Crippen molar-refractivity contribution in [1.29, 1.82) is 0 Å². The summed E-state index contributed by atoms with van der Waals surface area (Å²) in [6.45, 7) is 0. The van der Waals surface area contributed by atoms with Crippen molar-refractivity contribution >= 4 is 0 Å². The summed E-state index contributed by atoms with van der Waals surface area (Å²) in [7, 11) is 0. The molecule has 1 aliphatic carbocycles. The van der Waals surface area contributed by atoms with Gasteiger partial charge >= 0.3 is 0 Å². The summed E-state index contributed by atoms with van der Waals surface area (Å²) < 4.78 is 26.1. The Labute approximate surface area is 80.4 Å². The number of nitrogens with two attached hydrogens (primary N) is 1. The number of halogens is 2. The van der Waals surface area contributed by atoms with Gasteiger partial charge in [-0.25, -0.2) is 8.78 Å². The van der Waals surface area contributed by atoms with Crippen molar-refractivity contribution in [2.24, 2.45) is 5.73 Å². The molecular formula is C10H11F2NO. The molecule has 1 aromatic rings. The van der Waals surface area contributed by atoms with E-state index in [1.807, 2.05) is 0 Å². The molecule has 3 N–H and O–H groups in total. The summed E-state index contributed by atoms with van der Waals surface area (Å²) in [6.07, 6.45) is 0.135. The molecule has 2 rings (SSSR count). The van der Waals surface area contributed by atoms with E-state index in [0.717, 1.165) is 6.07 Å².